The summed E-state index contributed by atoms with van der Waals surface area (Å²) < 4.78 is 0. The lowest BCUT2D eigenvalue weighted by atomic mass is 10.0. The lowest BCUT2D eigenvalue weighted by Gasteiger charge is -2.21. The highest BCUT2D eigenvalue weighted by Crippen LogP contribution is 2.45. The number of hydrogen-bond acceptors (Lipinski definition) is 3. The second-order valence-corrected chi connectivity index (χ2v) is 12.8. The van der Waals surface area contributed by atoms with Gasteiger partial charge in [0.15, 0.2) is 17.3 Å². The van der Waals surface area contributed by atoms with E-state index < -0.39 is 7.92 Å². The Kier molecular flexibility index (Phi) is 10.1. The van der Waals surface area contributed by atoms with Crippen molar-refractivity contribution in [2.24, 2.45) is 0 Å². The molecule has 0 N–H and O–H groups in total. The van der Waals surface area contributed by atoms with Crippen LogP contribution in [-0.4, -0.2) is 17.3 Å². The molecule has 0 aliphatic carbocycles. The van der Waals surface area contributed by atoms with Gasteiger partial charge in [0.2, 0.25) is 0 Å². The number of aryl methyl sites for hydroxylation is 9. The monoisotopic (exact) mass is 550 g/mol. The zero-order valence-electron chi connectivity index (χ0n) is 25.1. The molecule has 0 saturated carbocycles. The molecule has 0 radical (unpaired) electrons. The van der Waals surface area contributed by atoms with Crippen molar-refractivity contribution in [3.8, 4) is 0 Å². The van der Waals surface area contributed by atoms with Crippen LogP contribution in [0, 0.1) is 62.3 Å². The molecule has 0 bridgehead atoms. The fourth-order valence-corrected chi connectivity index (χ4v) is 7.82. The summed E-state index contributed by atoms with van der Waals surface area (Å²) in [7, 11) is -1.69. The van der Waals surface area contributed by atoms with E-state index in [1.165, 1.54) is 5.56 Å². The van der Waals surface area contributed by atoms with E-state index in [9.17, 15) is 14.4 Å². The normalized spacial score (nSPS) is 10.7. The minimum atomic E-state index is -1.69. The fraction of sp³-hybridized carbons (Fsp3) is 0.250. The molecule has 0 fully saturated rings. The number of carbonyl (C=O) groups excluding carboxylic acids is 3. The molecule has 0 spiro atoms. The number of hydrogen-bond donors (Lipinski definition) is 0. The van der Waals surface area contributed by atoms with Crippen molar-refractivity contribution < 1.29 is 14.4 Å². The predicted octanol–water partition coefficient (Wildman–Crippen LogP) is 8.75. The van der Waals surface area contributed by atoms with Gasteiger partial charge in [0, 0.05) is 16.7 Å². The molecule has 0 aromatic heterocycles. The van der Waals surface area contributed by atoms with Crippen molar-refractivity contribution in [3.05, 3.63) is 133 Å². The summed E-state index contributed by atoms with van der Waals surface area (Å²) in [5.74, 6) is 0. The summed E-state index contributed by atoms with van der Waals surface area (Å²) in [6.45, 7) is 17.8. The first-order valence-corrected chi connectivity index (χ1v) is 14.8. The second-order valence-electron chi connectivity index (χ2n) is 10.8. The summed E-state index contributed by atoms with van der Waals surface area (Å²) in [4.78, 5) is 38.2. The van der Waals surface area contributed by atoms with Crippen molar-refractivity contribution >= 4 is 30.6 Å². The smallest absolute Gasteiger partial charge is 0.197 e. The minimum Gasteiger partial charge on any atom is -0.298 e. The molecule has 40 heavy (non-hydrogen) atoms. The van der Waals surface area contributed by atoms with Gasteiger partial charge in [0.1, 0.15) is 0 Å². The Morgan fingerprint density at radius 2 is 0.850 bits per heavy atom. The van der Waals surface area contributed by atoms with E-state index in [2.05, 4.69) is 0 Å². The number of aldehydes is 1. The molecule has 4 aromatic rings. The van der Waals surface area contributed by atoms with Crippen LogP contribution in [0.15, 0.2) is 66.7 Å². The van der Waals surface area contributed by atoms with E-state index >= 15 is 0 Å². The van der Waals surface area contributed by atoms with Crippen molar-refractivity contribution in [3.63, 3.8) is 0 Å². The van der Waals surface area contributed by atoms with Crippen LogP contribution < -0.4 is 5.30 Å². The third-order valence-corrected chi connectivity index (χ3v) is 9.13. The van der Waals surface area contributed by atoms with E-state index in [-0.39, 0.29) is 11.0 Å². The maximum atomic E-state index is 13.8. The molecule has 0 unspecified atom stereocenters. The van der Waals surface area contributed by atoms with Crippen LogP contribution >= 0.6 is 7.92 Å². The van der Waals surface area contributed by atoms with Crippen LogP contribution in [0.25, 0.3) is 0 Å². The van der Waals surface area contributed by atoms with Gasteiger partial charge in [-0.3, -0.25) is 14.4 Å². The first-order chi connectivity index (χ1) is 18.8. The van der Waals surface area contributed by atoms with Gasteiger partial charge >= 0.3 is 0 Å². The molecule has 0 heterocycles. The molecule has 0 saturated heterocycles. The largest absolute Gasteiger partial charge is 0.298 e. The van der Waals surface area contributed by atoms with Crippen LogP contribution in [-0.2, 0) is 0 Å². The fourth-order valence-electron chi connectivity index (χ4n) is 5.54. The summed E-state index contributed by atoms with van der Waals surface area (Å²) in [5, 5.41) is 0.802. The molecule has 0 aliphatic heterocycles. The van der Waals surface area contributed by atoms with Gasteiger partial charge in [0.25, 0.3) is 0 Å². The highest BCUT2D eigenvalue weighted by atomic mass is 31.1. The first kappa shape index (κ1) is 30.9. The molecular weight excluding hydrogens is 511 g/mol. The lowest BCUT2D eigenvalue weighted by Crippen LogP contribution is -2.19. The molecule has 0 aliphatic rings. The summed E-state index contributed by atoms with van der Waals surface area (Å²) in [5.41, 5.74) is 11.4. The van der Waals surface area contributed by atoms with Crippen LogP contribution in [0.1, 0.15) is 81.1 Å². The third kappa shape index (κ3) is 6.90. The summed E-state index contributed by atoms with van der Waals surface area (Å²) in [6, 6.07) is 21.6. The van der Waals surface area contributed by atoms with Gasteiger partial charge in [0.05, 0.1) is 7.92 Å². The Labute approximate surface area is 240 Å². The van der Waals surface area contributed by atoms with Gasteiger partial charge in [-0.2, -0.15) is 0 Å². The van der Waals surface area contributed by atoms with Gasteiger partial charge in [-0.15, -0.1) is 0 Å². The van der Waals surface area contributed by atoms with Crippen LogP contribution in [0.3, 0.4) is 0 Å². The van der Waals surface area contributed by atoms with Crippen molar-refractivity contribution in [1.29, 1.82) is 0 Å². The van der Waals surface area contributed by atoms with E-state index in [1.807, 2.05) is 129 Å². The van der Waals surface area contributed by atoms with Crippen molar-refractivity contribution in [1.82, 2.24) is 0 Å². The van der Waals surface area contributed by atoms with E-state index in [0.29, 0.717) is 11.1 Å². The van der Waals surface area contributed by atoms with Crippen LogP contribution in [0.4, 0.5) is 0 Å². The molecule has 0 atom stereocenters. The van der Waals surface area contributed by atoms with E-state index in [4.69, 9.17) is 0 Å². The minimum absolute atomic E-state index is 0.0643. The number of rotatable bonds is 6. The highest BCUT2D eigenvalue weighted by Gasteiger charge is 2.33. The topological polar surface area (TPSA) is 51.2 Å². The highest BCUT2D eigenvalue weighted by molar-refractivity contribution is 7.96. The maximum absolute atomic E-state index is 13.8. The average molecular weight is 551 g/mol. The first-order valence-electron chi connectivity index (χ1n) is 13.5. The molecule has 206 valence electrons. The molecule has 4 rings (SSSR count). The number of benzene rings is 4. The summed E-state index contributed by atoms with van der Waals surface area (Å²) >= 11 is 0. The van der Waals surface area contributed by atoms with Gasteiger partial charge < -0.3 is 0 Å². The predicted molar refractivity (Wildman–Crippen MR) is 169 cm³/mol. The number of carbonyl (C=O) groups is 3. The molecule has 3 nitrogen and oxygen atoms in total. The second kappa shape index (κ2) is 13.1. The molecule has 0 amide bonds. The van der Waals surface area contributed by atoms with Crippen LogP contribution in [0.2, 0.25) is 0 Å². The Morgan fingerprint density at radius 3 is 1.18 bits per heavy atom. The quantitative estimate of drug-likeness (QED) is 0.178. The molecule has 4 aromatic carbocycles. The van der Waals surface area contributed by atoms with Crippen molar-refractivity contribution in [2.45, 2.75) is 62.3 Å². The summed E-state index contributed by atoms with van der Waals surface area (Å²) in [6.07, 6.45) is 0.921. The maximum Gasteiger partial charge on any atom is 0.197 e. The van der Waals surface area contributed by atoms with Gasteiger partial charge in [-0.25, -0.2) is 0 Å². The lowest BCUT2D eigenvalue weighted by molar-refractivity contribution is 0.105. The zero-order valence-corrected chi connectivity index (χ0v) is 26.0. The molecule has 4 heteroatoms. The van der Waals surface area contributed by atoms with E-state index in [1.54, 1.807) is 0 Å². The standard InChI is InChI=1S/C26H27O2P.C10H12O/c1-16-12-18(3)23(19(4)13-16)25(27)29(22-10-8-7-9-11-22)26(28)24-20(5)14-17(2)15-21(24)6;1-7-4-8(2)10(6-11)9(3)5-7/h7-15H,1-6H3;4-6H,1-3H3. The van der Waals surface area contributed by atoms with Gasteiger partial charge in [-0.1, -0.05) is 83.4 Å². The average Bonchev–Trinajstić information content (AvgIpc) is 2.84. The third-order valence-electron chi connectivity index (χ3n) is 7.06. The van der Waals surface area contributed by atoms with Crippen molar-refractivity contribution in [2.75, 3.05) is 0 Å². The Bertz CT molecular complexity index is 1440. The van der Waals surface area contributed by atoms with E-state index in [0.717, 1.165) is 61.7 Å². The Hall–Kier alpha value is -3.68. The van der Waals surface area contributed by atoms with Crippen LogP contribution in [0.5, 0.6) is 0 Å². The zero-order chi connectivity index (χ0) is 29.7. The Balaban J connectivity index is 0.000000336. The molecular formula is C36H39O3P. The SMILES string of the molecule is Cc1cc(C)c(C(=O)P(C(=O)c2c(C)cc(C)cc2C)c2ccccc2)c(C)c1.Cc1cc(C)c(C=O)c(C)c1. The van der Waals surface area contributed by atoms with Gasteiger partial charge in [-0.05, 0) is 101 Å². The Morgan fingerprint density at radius 1 is 0.525 bits per heavy atom.